The first-order chi connectivity index (χ1) is 12.8. The Morgan fingerprint density at radius 3 is 2.52 bits per heavy atom. The van der Waals surface area contributed by atoms with E-state index in [-0.39, 0.29) is 21.3 Å². The number of carbonyl (C=O) groups is 3. The van der Waals surface area contributed by atoms with Crippen LogP contribution >= 0.6 is 34.8 Å². The number of hydrogen-bond acceptors (Lipinski definition) is 4. The number of amides is 4. The minimum atomic E-state index is -0.927. The maximum absolute atomic E-state index is 12.9. The average molecular weight is 426 g/mol. The van der Waals surface area contributed by atoms with Crippen LogP contribution in [-0.4, -0.2) is 25.0 Å². The number of anilines is 1. The van der Waals surface area contributed by atoms with Crippen molar-refractivity contribution >= 4 is 64.4 Å². The largest absolute Gasteiger partial charge is 0.496 e. The summed E-state index contributed by atoms with van der Waals surface area (Å²) in [6.45, 7) is 0. The first kappa shape index (κ1) is 19.2. The third-order valence-corrected chi connectivity index (χ3v) is 4.81. The number of halogens is 3. The summed E-state index contributed by atoms with van der Waals surface area (Å²) in [4.78, 5) is 38.2. The van der Waals surface area contributed by atoms with Crippen molar-refractivity contribution in [1.29, 1.82) is 0 Å². The second kappa shape index (κ2) is 7.60. The van der Waals surface area contributed by atoms with Crippen molar-refractivity contribution in [3.05, 3.63) is 62.6 Å². The molecule has 0 unspecified atom stereocenters. The highest BCUT2D eigenvalue weighted by Gasteiger charge is 2.38. The van der Waals surface area contributed by atoms with Crippen molar-refractivity contribution < 1.29 is 19.1 Å². The van der Waals surface area contributed by atoms with Crippen LogP contribution in [0.1, 0.15) is 5.56 Å². The van der Waals surface area contributed by atoms with E-state index < -0.39 is 17.8 Å². The van der Waals surface area contributed by atoms with Crippen LogP contribution in [0.3, 0.4) is 0 Å². The van der Waals surface area contributed by atoms with Gasteiger partial charge in [-0.15, -0.1) is 0 Å². The van der Waals surface area contributed by atoms with Crippen molar-refractivity contribution in [2.24, 2.45) is 0 Å². The zero-order chi connectivity index (χ0) is 19.7. The molecule has 1 aliphatic heterocycles. The lowest BCUT2D eigenvalue weighted by molar-refractivity contribution is -0.122. The molecule has 1 heterocycles. The van der Waals surface area contributed by atoms with Gasteiger partial charge in [0.05, 0.1) is 22.8 Å². The second-order valence-electron chi connectivity index (χ2n) is 5.42. The number of methoxy groups -OCH3 is 1. The summed E-state index contributed by atoms with van der Waals surface area (Å²) in [6, 6.07) is 8.29. The van der Waals surface area contributed by atoms with E-state index in [1.54, 1.807) is 12.1 Å². The fourth-order valence-corrected chi connectivity index (χ4v) is 3.08. The fraction of sp³-hybridized carbons (Fsp3) is 0.0556. The molecule has 0 bridgehead atoms. The Morgan fingerprint density at radius 1 is 1.07 bits per heavy atom. The van der Waals surface area contributed by atoms with Gasteiger partial charge in [-0.2, -0.15) is 0 Å². The number of hydrogen-bond donors (Lipinski definition) is 1. The molecule has 1 N–H and O–H groups in total. The Labute approximate surface area is 169 Å². The molecule has 1 fully saturated rings. The fourth-order valence-electron chi connectivity index (χ4n) is 2.51. The van der Waals surface area contributed by atoms with Gasteiger partial charge < -0.3 is 4.74 Å². The number of barbiturate groups is 1. The molecule has 2 aromatic rings. The Hall–Kier alpha value is -2.54. The SMILES string of the molecule is COc1ccc(Cl)cc1/C=C1\C(=O)NC(=O)N(c2cccc(Cl)c2Cl)C1=O. The van der Waals surface area contributed by atoms with Crippen LogP contribution in [-0.2, 0) is 9.59 Å². The van der Waals surface area contributed by atoms with Crippen LogP contribution in [0.5, 0.6) is 5.75 Å². The van der Waals surface area contributed by atoms with E-state index in [0.717, 1.165) is 4.90 Å². The van der Waals surface area contributed by atoms with Crippen molar-refractivity contribution in [2.75, 3.05) is 12.0 Å². The summed E-state index contributed by atoms with van der Waals surface area (Å²) in [5, 5.41) is 2.67. The Bertz CT molecular complexity index is 1000. The molecule has 9 heteroatoms. The molecule has 0 aromatic heterocycles. The Balaban J connectivity index is 2.11. The predicted octanol–water partition coefficient (Wildman–Crippen LogP) is 4.32. The van der Waals surface area contributed by atoms with E-state index in [1.165, 1.54) is 37.5 Å². The normalized spacial score (nSPS) is 15.9. The summed E-state index contributed by atoms with van der Waals surface area (Å²) >= 11 is 18.1. The van der Waals surface area contributed by atoms with Gasteiger partial charge in [-0.25, -0.2) is 9.69 Å². The topological polar surface area (TPSA) is 75.7 Å². The minimum absolute atomic E-state index is 0.0108. The van der Waals surface area contributed by atoms with Gasteiger partial charge in [0.15, 0.2) is 0 Å². The number of ether oxygens (including phenoxy) is 1. The molecule has 1 aliphatic rings. The van der Waals surface area contributed by atoms with E-state index in [9.17, 15) is 14.4 Å². The van der Waals surface area contributed by atoms with E-state index >= 15 is 0 Å². The van der Waals surface area contributed by atoms with Crippen molar-refractivity contribution in [3.8, 4) is 5.75 Å². The number of nitrogens with zero attached hydrogens (tertiary/aromatic N) is 1. The zero-order valence-electron chi connectivity index (χ0n) is 13.8. The molecule has 138 valence electrons. The summed E-state index contributed by atoms with van der Waals surface area (Å²) in [5.41, 5.74) is 0.171. The lowest BCUT2D eigenvalue weighted by atomic mass is 10.1. The monoisotopic (exact) mass is 424 g/mol. The van der Waals surface area contributed by atoms with Gasteiger partial charge in [-0.3, -0.25) is 14.9 Å². The molecule has 4 amide bonds. The van der Waals surface area contributed by atoms with Crippen LogP contribution in [0.15, 0.2) is 42.0 Å². The van der Waals surface area contributed by atoms with Gasteiger partial charge in [0.25, 0.3) is 11.8 Å². The molecular weight excluding hydrogens is 415 g/mol. The smallest absolute Gasteiger partial charge is 0.336 e. The molecule has 6 nitrogen and oxygen atoms in total. The zero-order valence-corrected chi connectivity index (χ0v) is 16.0. The minimum Gasteiger partial charge on any atom is -0.496 e. The van der Waals surface area contributed by atoms with Crippen LogP contribution < -0.4 is 15.0 Å². The molecule has 1 saturated heterocycles. The molecule has 27 heavy (non-hydrogen) atoms. The Kier molecular flexibility index (Phi) is 5.41. The third kappa shape index (κ3) is 3.64. The molecule has 0 aliphatic carbocycles. The highest BCUT2D eigenvalue weighted by Crippen LogP contribution is 2.34. The predicted molar refractivity (Wildman–Crippen MR) is 103 cm³/mol. The summed E-state index contributed by atoms with van der Waals surface area (Å²) in [6.07, 6.45) is 1.29. The highest BCUT2D eigenvalue weighted by atomic mass is 35.5. The molecule has 0 spiro atoms. The molecular formula is C18H11Cl3N2O4. The third-order valence-electron chi connectivity index (χ3n) is 3.77. The highest BCUT2D eigenvalue weighted by molar-refractivity contribution is 6.46. The van der Waals surface area contributed by atoms with Gasteiger partial charge in [0.1, 0.15) is 11.3 Å². The number of carbonyl (C=O) groups excluding carboxylic acids is 3. The molecule has 0 radical (unpaired) electrons. The molecule has 2 aromatic carbocycles. The molecule has 0 saturated carbocycles. The first-order valence-corrected chi connectivity index (χ1v) is 8.66. The lowest BCUT2D eigenvalue weighted by Crippen LogP contribution is -2.54. The van der Waals surface area contributed by atoms with Gasteiger partial charge in [0, 0.05) is 10.6 Å². The average Bonchev–Trinajstić information content (AvgIpc) is 2.62. The standard InChI is InChI=1S/C18H11Cl3N2O4/c1-27-14-6-5-10(19)7-9(14)8-11-16(24)22-18(26)23(17(11)25)13-4-2-3-12(20)15(13)21/h2-8H,1H3,(H,22,24,26)/b11-8+. The van der Waals surface area contributed by atoms with Crippen LogP contribution in [0.4, 0.5) is 10.5 Å². The number of imide groups is 2. The lowest BCUT2D eigenvalue weighted by Gasteiger charge is -2.27. The maximum atomic E-state index is 12.9. The van der Waals surface area contributed by atoms with Crippen LogP contribution in [0, 0.1) is 0 Å². The number of rotatable bonds is 3. The van der Waals surface area contributed by atoms with E-state index in [1.807, 2.05) is 0 Å². The van der Waals surface area contributed by atoms with E-state index in [0.29, 0.717) is 16.3 Å². The summed E-state index contributed by atoms with van der Waals surface area (Å²) in [5.74, 6) is -1.30. The van der Waals surface area contributed by atoms with Gasteiger partial charge in [0.2, 0.25) is 0 Å². The van der Waals surface area contributed by atoms with Crippen LogP contribution in [0.25, 0.3) is 6.08 Å². The van der Waals surface area contributed by atoms with Gasteiger partial charge in [-0.1, -0.05) is 40.9 Å². The number of benzene rings is 2. The maximum Gasteiger partial charge on any atom is 0.336 e. The van der Waals surface area contributed by atoms with Crippen molar-refractivity contribution in [1.82, 2.24) is 5.32 Å². The second-order valence-corrected chi connectivity index (χ2v) is 6.64. The quantitative estimate of drug-likeness (QED) is 0.587. The first-order valence-electron chi connectivity index (χ1n) is 7.52. The summed E-state index contributed by atoms with van der Waals surface area (Å²) < 4.78 is 5.21. The summed E-state index contributed by atoms with van der Waals surface area (Å²) in [7, 11) is 1.44. The molecule has 3 rings (SSSR count). The van der Waals surface area contributed by atoms with Crippen molar-refractivity contribution in [2.45, 2.75) is 0 Å². The number of urea groups is 1. The van der Waals surface area contributed by atoms with E-state index in [2.05, 4.69) is 5.32 Å². The van der Waals surface area contributed by atoms with E-state index in [4.69, 9.17) is 39.5 Å². The van der Waals surface area contributed by atoms with Crippen molar-refractivity contribution in [3.63, 3.8) is 0 Å². The van der Waals surface area contributed by atoms with Gasteiger partial charge >= 0.3 is 6.03 Å². The number of nitrogens with one attached hydrogen (secondary N) is 1. The Morgan fingerprint density at radius 2 is 1.81 bits per heavy atom. The molecule has 0 atom stereocenters. The van der Waals surface area contributed by atoms with Gasteiger partial charge in [-0.05, 0) is 36.4 Å². The van der Waals surface area contributed by atoms with Crippen LogP contribution in [0.2, 0.25) is 15.1 Å².